The minimum absolute atomic E-state index is 0.219. The fourth-order valence-corrected chi connectivity index (χ4v) is 4.44. The van der Waals surface area contributed by atoms with Crippen LogP contribution >= 0.6 is 0 Å². The topological polar surface area (TPSA) is 12.9 Å². The quantitative estimate of drug-likeness (QED) is 0.260. The fourth-order valence-electron chi connectivity index (χ4n) is 4.44. The van der Waals surface area contributed by atoms with Crippen molar-refractivity contribution in [3.8, 4) is 44.6 Å². The van der Waals surface area contributed by atoms with Crippen LogP contribution in [0.2, 0.25) is 0 Å². The first kappa shape index (κ1) is 21.0. The lowest BCUT2D eigenvalue weighted by Crippen LogP contribution is -1.86. The molecule has 6 rings (SSSR count). The lowest BCUT2D eigenvalue weighted by Gasteiger charge is -2.09. The van der Waals surface area contributed by atoms with Gasteiger partial charge in [0, 0.05) is 10.9 Å². The Morgan fingerprint density at radius 1 is 0.400 bits per heavy atom. The molecule has 6 aromatic rings. The van der Waals surface area contributed by atoms with Crippen molar-refractivity contribution in [3.63, 3.8) is 0 Å². The van der Waals surface area contributed by atoms with Crippen LogP contribution in [0.1, 0.15) is 0 Å². The molecule has 1 heterocycles. The van der Waals surface area contributed by atoms with Gasteiger partial charge >= 0.3 is 0 Å². The predicted octanol–water partition coefficient (Wildman–Crippen LogP) is 9.04. The number of hydrogen-bond donors (Lipinski definition) is 0. The summed E-state index contributed by atoms with van der Waals surface area (Å²) in [5.41, 5.74) is 9.81. The Bertz CT molecular complexity index is 1620. The Hall–Kier alpha value is -4.56. The van der Waals surface area contributed by atoms with Crippen molar-refractivity contribution in [2.24, 2.45) is 0 Å². The first-order valence-corrected chi connectivity index (χ1v) is 11.7. The smallest absolute Gasteiger partial charge is 0.123 e. The van der Waals surface area contributed by atoms with Gasteiger partial charge in [-0.25, -0.2) is 9.37 Å². The summed E-state index contributed by atoms with van der Waals surface area (Å²) in [5, 5.41) is 1.15. The molecule has 0 unspecified atom stereocenters. The van der Waals surface area contributed by atoms with Crippen molar-refractivity contribution >= 4 is 10.9 Å². The molecule has 0 saturated heterocycles. The molecular formula is C33H22FN. The Morgan fingerprint density at radius 3 is 1.54 bits per heavy atom. The summed E-state index contributed by atoms with van der Waals surface area (Å²) in [6, 6.07) is 44.5. The summed E-state index contributed by atoms with van der Waals surface area (Å²) >= 11 is 0. The summed E-state index contributed by atoms with van der Waals surface area (Å²) in [5.74, 6) is -0.219. The zero-order valence-corrected chi connectivity index (χ0v) is 19.0. The van der Waals surface area contributed by atoms with E-state index in [4.69, 9.17) is 4.98 Å². The summed E-state index contributed by atoms with van der Waals surface area (Å²) in [4.78, 5) is 4.82. The average molecular weight is 452 g/mol. The molecular weight excluding hydrogens is 429 g/mol. The van der Waals surface area contributed by atoms with Crippen LogP contribution in [0.4, 0.5) is 4.39 Å². The van der Waals surface area contributed by atoms with Crippen molar-refractivity contribution in [2.45, 2.75) is 0 Å². The van der Waals surface area contributed by atoms with Gasteiger partial charge in [0.25, 0.3) is 0 Å². The van der Waals surface area contributed by atoms with E-state index < -0.39 is 0 Å². The highest BCUT2D eigenvalue weighted by molar-refractivity contribution is 5.82. The molecule has 0 fully saturated rings. The molecule has 0 bridgehead atoms. The first-order valence-electron chi connectivity index (χ1n) is 11.7. The lowest BCUT2D eigenvalue weighted by atomic mass is 9.96. The summed E-state index contributed by atoms with van der Waals surface area (Å²) in [7, 11) is 0. The number of rotatable bonds is 4. The van der Waals surface area contributed by atoms with Crippen LogP contribution in [0.3, 0.4) is 0 Å². The molecule has 0 N–H and O–H groups in total. The second-order valence-electron chi connectivity index (χ2n) is 8.63. The van der Waals surface area contributed by atoms with Crippen molar-refractivity contribution in [3.05, 3.63) is 139 Å². The number of aromatic nitrogens is 1. The van der Waals surface area contributed by atoms with Gasteiger partial charge < -0.3 is 0 Å². The highest BCUT2D eigenvalue weighted by Gasteiger charge is 2.06. The van der Waals surface area contributed by atoms with Gasteiger partial charge in [0.2, 0.25) is 0 Å². The number of fused-ring (bicyclic) bond motifs is 1. The second-order valence-corrected chi connectivity index (χ2v) is 8.63. The molecule has 2 heteroatoms. The lowest BCUT2D eigenvalue weighted by molar-refractivity contribution is 0.628. The molecule has 0 aliphatic carbocycles. The minimum Gasteiger partial charge on any atom is -0.248 e. The van der Waals surface area contributed by atoms with Crippen LogP contribution in [0.5, 0.6) is 0 Å². The van der Waals surface area contributed by atoms with Gasteiger partial charge in [-0.2, -0.15) is 0 Å². The van der Waals surface area contributed by atoms with Gasteiger partial charge in [-0.3, -0.25) is 0 Å². The third kappa shape index (κ3) is 4.34. The zero-order valence-electron chi connectivity index (χ0n) is 19.0. The Labute approximate surface area is 204 Å². The maximum Gasteiger partial charge on any atom is 0.123 e. The van der Waals surface area contributed by atoms with E-state index in [0.29, 0.717) is 0 Å². The van der Waals surface area contributed by atoms with E-state index in [1.54, 1.807) is 0 Å². The molecule has 0 aliphatic heterocycles. The van der Waals surface area contributed by atoms with Gasteiger partial charge in [0.15, 0.2) is 0 Å². The van der Waals surface area contributed by atoms with Crippen LogP contribution in [0, 0.1) is 5.82 Å². The highest BCUT2D eigenvalue weighted by Crippen LogP contribution is 2.30. The van der Waals surface area contributed by atoms with Gasteiger partial charge in [-0.05, 0) is 63.7 Å². The standard InChI is InChI=1S/C33H22FN/c34-31-19-16-24(17-20-31)23-8-10-25(11-9-23)29-5-3-6-30(22-29)26-12-14-28(15-13-26)33-21-18-27-4-1-2-7-32(27)35-33/h1-22H. The van der Waals surface area contributed by atoms with E-state index in [1.165, 1.54) is 23.3 Å². The van der Waals surface area contributed by atoms with E-state index in [9.17, 15) is 4.39 Å². The van der Waals surface area contributed by atoms with Crippen molar-refractivity contribution in [1.29, 1.82) is 0 Å². The summed E-state index contributed by atoms with van der Waals surface area (Å²) < 4.78 is 13.2. The maximum atomic E-state index is 13.2. The molecule has 166 valence electrons. The number of halogens is 1. The van der Waals surface area contributed by atoms with E-state index in [-0.39, 0.29) is 5.82 Å². The minimum atomic E-state index is -0.219. The summed E-state index contributed by atoms with van der Waals surface area (Å²) in [6.45, 7) is 0. The molecule has 0 spiro atoms. The van der Waals surface area contributed by atoms with Crippen molar-refractivity contribution in [2.75, 3.05) is 0 Å². The molecule has 0 atom stereocenters. The Morgan fingerprint density at radius 2 is 0.914 bits per heavy atom. The van der Waals surface area contributed by atoms with E-state index in [2.05, 4.69) is 91.0 Å². The van der Waals surface area contributed by atoms with Crippen LogP contribution in [0.15, 0.2) is 133 Å². The van der Waals surface area contributed by atoms with Crippen LogP contribution < -0.4 is 0 Å². The maximum absolute atomic E-state index is 13.2. The van der Waals surface area contributed by atoms with Crippen LogP contribution in [-0.2, 0) is 0 Å². The van der Waals surface area contributed by atoms with Crippen molar-refractivity contribution < 1.29 is 4.39 Å². The zero-order chi connectivity index (χ0) is 23.6. The van der Waals surface area contributed by atoms with Gasteiger partial charge in [-0.1, -0.05) is 103 Å². The highest BCUT2D eigenvalue weighted by atomic mass is 19.1. The first-order chi connectivity index (χ1) is 17.2. The normalized spacial score (nSPS) is 11.0. The molecule has 0 amide bonds. The molecule has 1 nitrogen and oxygen atoms in total. The predicted molar refractivity (Wildman–Crippen MR) is 143 cm³/mol. The third-order valence-corrected chi connectivity index (χ3v) is 6.37. The van der Waals surface area contributed by atoms with E-state index in [1.807, 2.05) is 30.3 Å². The molecule has 35 heavy (non-hydrogen) atoms. The SMILES string of the molecule is Fc1ccc(-c2ccc(-c3cccc(-c4ccc(-c5ccc6ccccc6n5)cc4)c3)cc2)cc1. The fraction of sp³-hybridized carbons (Fsp3) is 0. The second kappa shape index (κ2) is 9.00. The monoisotopic (exact) mass is 451 g/mol. The van der Waals surface area contributed by atoms with Gasteiger partial charge in [-0.15, -0.1) is 0 Å². The van der Waals surface area contributed by atoms with E-state index in [0.717, 1.165) is 44.4 Å². The van der Waals surface area contributed by atoms with Crippen molar-refractivity contribution in [1.82, 2.24) is 4.98 Å². The largest absolute Gasteiger partial charge is 0.248 e. The van der Waals surface area contributed by atoms with E-state index >= 15 is 0 Å². The van der Waals surface area contributed by atoms with Crippen LogP contribution in [-0.4, -0.2) is 4.98 Å². The molecule has 1 aromatic heterocycles. The number of hydrogen-bond acceptors (Lipinski definition) is 1. The number of para-hydroxylation sites is 1. The number of nitrogens with zero attached hydrogens (tertiary/aromatic N) is 1. The number of benzene rings is 5. The van der Waals surface area contributed by atoms with Gasteiger partial charge in [0.1, 0.15) is 5.82 Å². The third-order valence-electron chi connectivity index (χ3n) is 6.37. The molecule has 0 radical (unpaired) electrons. The Balaban J connectivity index is 1.26. The number of pyridine rings is 1. The van der Waals surface area contributed by atoms with Gasteiger partial charge in [0.05, 0.1) is 11.2 Å². The molecule has 5 aromatic carbocycles. The Kier molecular flexibility index (Phi) is 5.40. The van der Waals surface area contributed by atoms with Crippen LogP contribution in [0.25, 0.3) is 55.5 Å². The molecule has 0 aliphatic rings. The summed E-state index contributed by atoms with van der Waals surface area (Å²) in [6.07, 6.45) is 0. The average Bonchev–Trinajstić information content (AvgIpc) is 2.93. The molecule has 0 saturated carbocycles.